The van der Waals surface area contributed by atoms with Gasteiger partial charge in [-0.1, -0.05) is 0 Å². The van der Waals surface area contributed by atoms with Crippen molar-refractivity contribution in [3.05, 3.63) is 10.6 Å². The molecule has 126 valence electrons. The molecule has 2 saturated heterocycles. The zero-order valence-electron chi connectivity index (χ0n) is 13.2. The summed E-state index contributed by atoms with van der Waals surface area (Å²) in [5.74, 6) is -1.33. The van der Waals surface area contributed by atoms with E-state index in [-0.39, 0.29) is 22.9 Å². The number of nitrogens with zero attached hydrogens (tertiary/aromatic N) is 2. The number of nitrogens with one attached hydrogen (secondary N) is 1. The van der Waals surface area contributed by atoms with Crippen molar-refractivity contribution in [2.75, 3.05) is 13.1 Å². The molecule has 23 heavy (non-hydrogen) atoms. The molecule has 1 unspecified atom stereocenters. The average Bonchev–Trinajstić information content (AvgIpc) is 3.02. The molecule has 3 rings (SSSR count). The van der Waals surface area contributed by atoms with Gasteiger partial charge in [-0.15, -0.1) is 11.8 Å². The summed E-state index contributed by atoms with van der Waals surface area (Å²) < 4.78 is 0. The Morgan fingerprint density at radius 1 is 1.48 bits per heavy atom. The molecule has 3 N–H and O–H groups in total. The Morgan fingerprint density at radius 3 is 2.70 bits per heavy atom. The third-order valence-corrected chi connectivity index (χ3v) is 6.18. The molecule has 0 aliphatic carbocycles. The van der Waals surface area contributed by atoms with E-state index in [0.717, 1.165) is 24.4 Å². The summed E-state index contributed by atoms with van der Waals surface area (Å²) in [6, 6.07) is -0.224. The van der Waals surface area contributed by atoms with Crippen LogP contribution in [-0.2, 0) is 9.59 Å². The van der Waals surface area contributed by atoms with E-state index in [0.29, 0.717) is 12.3 Å². The van der Waals surface area contributed by atoms with E-state index in [4.69, 9.17) is 5.41 Å². The van der Waals surface area contributed by atoms with Gasteiger partial charge in [0.1, 0.15) is 5.70 Å². The van der Waals surface area contributed by atoms with E-state index in [1.807, 2.05) is 4.90 Å². The highest BCUT2D eigenvalue weighted by Crippen LogP contribution is 2.48. The number of aliphatic carboxylic acids is 1. The third kappa shape index (κ3) is 2.63. The number of thioether (sulfide) groups is 1. The van der Waals surface area contributed by atoms with Crippen molar-refractivity contribution in [1.29, 1.82) is 5.41 Å². The number of rotatable bonds is 4. The first kappa shape index (κ1) is 16.3. The standard InChI is InChI=1S/C15H21N3O4S/c1-7(19)12-10-5-11(13(15(21)22)18(10)14(12)20)23-9-3-4-17(6-9)8(2)16/h7,9-10,12,16,19H,3-6H2,1-2H3,(H,21,22)/t7?,9-,10+,12+/m0/s1. The first-order valence-corrected chi connectivity index (χ1v) is 8.63. The summed E-state index contributed by atoms with van der Waals surface area (Å²) in [5.41, 5.74) is 0.0897. The van der Waals surface area contributed by atoms with Crippen LogP contribution in [0, 0.1) is 11.3 Å². The average molecular weight is 339 g/mol. The predicted molar refractivity (Wildman–Crippen MR) is 86.1 cm³/mol. The summed E-state index contributed by atoms with van der Waals surface area (Å²) in [6.45, 7) is 4.87. The van der Waals surface area contributed by atoms with Crippen LogP contribution >= 0.6 is 11.8 Å². The Morgan fingerprint density at radius 2 is 2.17 bits per heavy atom. The minimum Gasteiger partial charge on any atom is -0.477 e. The highest BCUT2D eigenvalue weighted by Gasteiger charge is 2.57. The first-order chi connectivity index (χ1) is 10.8. The van der Waals surface area contributed by atoms with Gasteiger partial charge in [0, 0.05) is 29.7 Å². The van der Waals surface area contributed by atoms with Crippen LogP contribution in [0.15, 0.2) is 10.6 Å². The fraction of sp³-hybridized carbons (Fsp3) is 0.667. The van der Waals surface area contributed by atoms with Gasteiger partial charge < -0.3 is 20.0 Å². The molecule has 2 fully saturated rings. The molecule has 8 heteroatoms. The Hall–Kier alpha value is -1.54. The molecule has 3 aliphatic heterocycles. The van der Waals surface area contributed by atoms with Gasteiger partial charge in [-0.25, -0.2) is 4.79 Å². The van der Waals surface area contributed by atoms with Crippen LogP contribution in [-0.4, -0.2) is 68.2 Å². The lowest BCUT2D eigenvalue weighted by atomic mass is 9.83. The number of aliphatic hydroxyl groups is 1. The Labute approximate surface area is 138 Å². The number of carbonyl (C=O) groups is 2. The largest absolute Gasteiger partial charge is 0.477 e. The van der Waals surface area contributed by atoms with Gasteiger partial charge in [-0.3, -0.25) is 10.2 Å². The maximum atomic E-state index is 12.1. The highest BCUT2D eigenvalue weighted by molar-refractivity contribution is 8.03. The lowest BCUT2D eigenvalue weighted by Crippen LogP contribution is -2.61. The van der Waals surface area contributed by atoms with Crippen LogP contribution in [0.3, 0.4) is 0 Å². The predicted octanol–water partition coefficient (Wildman–Crippen LogP) is 0.699. The van der Waals surface area contributed by atoms with Crippen molar-refractivity contribution >= 4 is 29.5 Å². The molecule has 0 radical (unpaired) electrons. The summed E-state index contributed by atoms with van der Waals surface area (Å²) in [7, 11) is 0. The smallest absolute Gasteiger partial charge is 0.353 e. The number of amidine groups is 1. The van der Waals surface area contributed by atoms with E-state index in [1.54, 1.807) is 13.8 Å². The maximum Gasteiger partial charge on any atom is 0.353 e. The zero-order chi connectivity index (χ0) is 16.9. The minimum atomic E-state index is -1.08. The number of carboxylic acids is 1. The minimum absolute atomic E-state index is 0.0897. The van der Waals surface area contributed by atoms with E-state index in [9.17, 15) is 19.8 Å². The topological polar surface area (TPSA) is 105 Å². The van der Waals surface area contributed by atoms with Crippen molar-refractivity contribution in [1.82, 2.24) is 9.80 Å². The van der Waals surface area contributed by atoms with Crippen LogP contribution in [0.4, 0.5) is 0 Å². The summed E-state index contributed by atoms with van der Waals surface area (Å²) >= 11 is 1.52. The van der Waals surface area contributed by atoms with Gasteiger partial charge in [0.15, 0.2) is 0 Å². The number of amides is 1. The third-order valence-electron chi connectivity index (χ3n) is 4.82. The lowest BCUT2D eigenvalue weighted by molar-refractivity contribution is -0.161. The molecule has 0 bridgehead atoms. The normalized spacial score (nSPS) is 31.3. The number of β-lactam (4-membered cyclic amide) rings is 1. The monoisotopic (exact) mass is 339 g/mol. The number of aliphatic hydroxyl groups excluding tert-OH is 1. The fourth-order valence-corrected chi connectivity index (χ4v) is 5.11. The molecule has 0 aromatic heterocycles. The SMILES string of the molecule is CC(=N)N1CC[C@H](SC2=C(C(=O)O)N3C(=O)[C@H](C(C)O)[C@H]3C2)C1. The Bertz CT molecular complexity index is 604. The quantitative estimate of drug-likeness (QED) is 0.396. The van der Waals surface area contributed by atoms with Crippen LogP contribution < -0.4 is 0 Å². The zero-order valence-corrected chi connectivity index (χ0v) is 14.0. The summed E-state index contributed by atoms with van der Waals surface area (Å²) in [5, 5.41) is 27.1. The van der Waals surface area contributed by atoms with Crippen molar-refractivity contribution in [3.8, 4) is 0 Å². The van der Waals surface area contributed by atoms with Gasteiger partial charge >= 0.3 is 5.97 Å². The molecule has 0 aromatic rings. The van der Waals surface area contributed by atoms with Crippen LogP contribution in [0.25, 0.3) is 0 Å². The molecule has 7 nitrogen and oxygen atoms in total. The lowest BCUT2D eigenvalue weighted by Gasteiger charge is -2.44. The Kier molecular flexibility index (Phi) is 4.14. The molecule has 3 aliphatic rings. The molecule has 0 spiro atoms. The van der Waals surface area contributed by atoms with E-state index in [2.05, 4.69) is 0 Å². The van der Waals surface area contributed by atoms with Crippen molar-refractivity contribution in [2.24, 2.45) is 5.92 Å². The number of likely N-dealkylation sites (tertiary alicyclic amines) is 1. The number of carbonyl (C=O) groups excluding carboxylic acids is 1. The Balaban J connectivity index is 1.75. The van der Waals surface area contributed by atoms with E-state index in [1.165, 1.54) is 16.7 Å². The van der Waals surface area contributed by atoms with Gasteiger partial charge in [0.05, 0.1) is 23.9 Å². The molecule has 0 aromatic carbocycles. The van der Waals surface area contributed by atoms with Gasteiger partial charge in [-0.05, 0) is 20.3 Å². The van der Waals surface area contributed by atoms with Crippen LogP contribution in [0.5, 0.6) is 0 Å². The highest BCUT2D eigenvalue weighted by atomic mass is 32.2. The number of fused-ring (bicyclic) bond motifs is 1. The second-order valence-corrected chi connectivity index (χ2v) is 7.78. The van der Waals surface area contributed by atoms with Crippen molar-refractivity contribution < 1.29 is 19.8 Å². The second-order valence-electron chi connectivity index (χ2n) is 6.38. The molecule has 4 atom stereocenters. The van der Waals surface area contributed by atoms with Gasteiger partial charge in [0.25, 0.3) is 0 Å². The van der Waals surface area contributed by atoms with Gasteiger partial charge in [-0.2, -0.15) is 0 Å². The molecular weight excluding hydrogens is 318 g/mol. The van der Waals surface area contributed by atoms with Gasteiger partial charge in [0.2, 0.25) is 5.91 Å². The van der Waals surface area contributed by atoms with E-state index < -0.39 is 18.0 Å². The number of hydrogen-bond acceptors (Lipinski definition) is 5. The maximum absolute atomic E-state index is 12.1. The van der Waals surface area contributed by atoms with Crippen molar-refractivity contribution in [3.63, 3.8) is 0 Å². The fourth-order valence-electron chi connectivity index (χ4n) is 3.67. The molecular formula is C15H21N3O4S. The van der Waals surface area contributed by atoms with Crippen LogP contribution in [0.1, 0.15) is 26.7 Å². The number of carboxylic acid groups (broad SMARTS) is 1. The summed E-state index contributed by atoms with van der Waals surface area (Å²) in [6.07, 6.45) is 0.648. The molecule has 0 saturated carbocycles. The van der Waals surface area contributed by atoms with E-state index >= 15 is 0 Å². The molecule has 3 heterocycles. The van der Waals surface area contributed by atoms with Crippen LogP contribution in [0.2, 0.25) is 0 Å². The van der Waals surface area contributed by atoms with Crippen molar-refractivity contribution in [2.45, 2.75) is 44.1 Å². The number of hydrogen-bond donors (Lipinski definition) is 3. The first-order valence-electron chi connectivity index (χ1n) is 7.75. The second kappa shape index (κ2) is 5.83. The summed E-state index contributed by atoms with van der Waals surface area (Å²) in [4.78, 5) is 27.8. The molecule has 1 amide bonds.